The molecule has 0 saturated heterocycles. The van der Waals surface area contributed by atoms with Gasteiger partial charge < -0.3 is 19.5 Å². The van der Waals surface area contributed by atoms with Crippen molar-refractivity contribution in [2.75, 3.05) is 0 Å². The summed E-state index contributed by atoms with van der Waals surface area (Å²) in [5, 5.41) is 21.3. The van der Waals surface area contributed by atoms with Gasteiger partial charge in [-0.05, 0) is 88.8 Å². The van der Waals surface area contributed by atoms with Crippen LogP contribution in [0, 0.1) is 0 Å². The molecule has 0 saturated carbocycles. The molecule has 222 valence electrons. The Morgan fingerprint density at radius 2 is 0.884 bits per heavy atom. The van der Waals surface area contributed by atoms with Crippen LogP contribution < -0.4 is 10.9 Å². The van der Waals surface area contributed by atoms with E-state index in [1.54, 1.807) is 27.7 Å². The highest BCUT2D eigenvalue weighted by atomic mass is 16.5. The Labute approximate surface area is 258 Å². The summed E-state index contributed by atoms with van der Waals surface area (Å²) < 4.78 is 12.6. The second-order valence-corrected chi connectivity index (χ2v) is 14.0. The Hall–Kier alpha value is -3.15. The summed E-state index contributed by atoms with van der Waals surface area (Å²) in [6.45, 7) is 14.8. The van der Waals surface area contributed by atoms with Crippen LogP contribution in [0.15, 0.2) is 97.1 Å². The first-order valence-corrected chi connectivity index (χ1v) is 15.2. The second-order valence-electron chi connectivity index (χ2n) is 14.0. The molecule has 0 radical (unpaired) electrons. The quantitative estimate of drug-likeness (QED) is 0.227. The van der Waals surface area contributed by atoms with E-state index >= 15 is 0 Å². The number of hydrogen-bond donors (Lipinski definition) is 2. The zero-order chi connectivity index (χ0) is 31.3. The molecule has 0 fully saturated rings. The van der Waals surface area contributed by atoms with E-state index in [9.17, 15) is 10.2 Å². The van der Waals surface area contributed by atoms with Crippen LogP contribution in [0.3, 0.4) is 0 Å². The Morgan fingerprint density at radius 3 is 1.26 bits per heavy atom. The van der Waals surface area contributed by atoms with Crippen molar-refractivity contribution in [3.8, 4) is 11.1 Å². The molecule has 0 spiro atoms. The van der Waals surface area contributed by atoms with Crippen molar-refractivity contribution in [1.82, 2.24) is 0 Å². The Morgan fingerprint density at radius 1 is 0.512 bits per heavy atom. The van der Waals surface area contributed by atoms with E-state index in [2.05, 4.69) is 97.1 Å². The van der Waals surface area contributed by atoms with Crippen LogP contribution in [0.1, 0.15) is 77.6 Å². The average Bonchev–Trinajstić information content (AvgIpc) is 3.26. The Balaban J connectivity index is 1.66. The standard InChI is InChI=1S/C37H44B2O4/c1-33(2,40)35(5,6)42-38-27-17-13-15-25(23-27)37(31-21-11-9-19-29(31)30-20-10-12-22-32(30)37)26-16-14-18-28(24-26)39-43-36(7,8)34(3,4)41/h9-24,38-41H,1-8H3. The van der Waals surface area contributed by atoms with Gasteiger partial charge in [0, 0.05) is 0 Å². The highest BCUT2D eigenvalue weighted by Gasteiger charge is 2.46. The van der Waals surface area contributed by atoms with Crippen LogP contribution in [-0.2, 0) is 14.7 Å². The van der Waals surface area contributed by atoms with Crippen LogP contribution in [-0.4, -0.2) is 47.6 Å². The van der Waals surface area contributed by atoms with E-state index in [-0.39, 0.29) is 0 Å². The van der Waals surface area contributed by atoms with Crippen LogP contribution in [0.4, 0.5) is 0 Å². The molecule has 0 amide bonds. The summed E-state index contributed by atoms with van der Waals surface area (Å²) in [7, 11) is 0.758. The molecule has 0 unspecified atom stereocenters. The van der Waals surface area contributed by atoms with Crippen molar-refractivity contribution in [3.05, 3.63) is 119 Å². The lowest BCUT2D eigenvalue weighted by Gasteiger charge is -2.38. The molecule has 1 aliphatic carbocycles. The maximum absolute atomic E-state index is 10.7. The van der Waals surface area contributed by atoms with Crippen LogP contribution in [0.5, 0.6) is 0 Å². The third-order valence-corrected chi connectivity index (χ3v) is 9.82. The van der Waals surface area contributed by atoms with Crippen LogP contribution >= 0.6 is 0 Å². The summed E-state index contributed by atoms with van der Waals surface area (Å²) in [4.78, 5) is 0. The molecule has 0 aliphatic heterocycles. The van der Waals surface area contributed by atoms with Gasteiger partial charge in [0.05, 0.1) is 27.8 Å². The molecule has 43 heavy (non-hydrogen) atoms. The van der Waals surface area contributed by atoms with E-state index in [4.69, 9.17) is 9.31 Å². The number of benzene rings is 4. The number of fused-ring (bicyclic) bond motifs is 3. The summed E-state index contributed by atoms with van der Waals surface area (Å²) in [5.74, 6) is 0. The molecular formula is C37H44B2O4. The smallest absolute Gasteiger partial charge is 0.309 e. The van der Waals surface area contributed by atoms with Gasteiger partial charge >= 0.3 is 15.0 Å². The predicted octanol–water partition coefficient (Wildman–Crippen LogP) is 5.14. The van der Waals surface area contributed by atoms with Gasteiger partial charge in [-0.2, -0.15) is 0 Å². The first kappa shape index (κ1) is 31.3. The fraction of sp³-hybridized carbons (Fsp3) is 0.351. The molecule has 2 N–H and O–H groups in total. The van der Waals surface area contributed by atoms with Gasteiger partial charge in [0.25, 0.3) is 0 Å². The maximum atomic E-state index is 10.7. The van der Waals surface area contributed by atoms with Crippen LogP contribution in [0.2, 0.25) is 0 Å². The summed E-state index contributed by atoms with van der Waals surface area (Å²) >= 11 is 0. The van der Waals surface area contributed by atoms with Gasteiger partial charge in [-0.15, -0.1) is 0 Å². The van der Waals surface area contributed by atoms with E-state index in [0.29, 0.717) is 15.0 Å². The first-order chi connectivity index (χ1) is 20.1. The first-order valence-electron chi connectivity index (χ1n) is 15.2. The monoisotopic (exact) mass is 574 g/mol. The molecule has 4 aromatic carbocycles. The molecule has 4 nitrogen and oxygen atoms in total. The summed E-state index contributed by atoms with van der Waals surface area (Å²) in [5.41, 5.74) is 5.35. The van der Waals surface area contributed by atoms with Gasteiger partial charge in [-0.1, -0.05) is 108 Å². The topological polar surface area (TPSA) is 58.9 Å². The third kappa shape index (κ3) is 5.62. The molecule has 1 aliphatic rings. The van der Waals surface area contributed by atoms with Crippen molar-refractivity contribution in [2.45, 2.75) is 83.2 Å². The van der Waals surface area contributed by atoms with Crippen molar-refractivity contribution < 1.29 is 19.5 Å². The summed E-state index contributed by atoms with van der Waals surface area (Å²) in [6.07, 6.45) is 0. The number of rotatable bonds is 10. The Bertz CT molecular complexity index is 1490. The molecule has 5 rings (SSSR count). The minimum atomic E-state index is -0.989. The highest BCUT2D eigenvalue weighted by molar-refractivity contribution is 6.47. The van der Waals surface area contributed by atoms with E-state index < -0.39 is 27.8 Å². The molecular weight excluding hydrogens is 530 g/mol. The summed E-state index contributed by atoms with van der Waals surface area (Å²) in [6, 6.07) is 34.7. The fourth-order valence-corrected chi connectivity index (χ4v) is 5.69. The lowest BCUT2D eigenvalue weighted by atomic mass is 9.65. The van der Waals surface area contributed by atoms with Crippen molar-refractivity contribution in [2.24, 2.45) is 0 Å². The molecule has 0 bridgehead atoms. The van der Waals surface area contributed by atoms with Gasteiger partial charge in [-0.3, -0.25) is 0 Å². The van der Waals surface area contributed by atoms with E-state index in [1.165, 1.54) is 22.3 Å². The van der Waals surface area contributed by atoms with Gasteiger partial charge in [0.15, 0.2) is 0 Å². The number of aliphatic hydroxyl groups is 2. The number of hydrogen-bond acceptors (Lipinski definition) is 4. The molecule has 6 heteroatoms. The van der Waals surface area contributed by atoms with E-state index in [0.717, 1.165) is 22.1 Å². The SMILES string of the molecule is CC(C)(O)C(C)(C)OBc1cccc(C2(c3cccc(BOC(C)(C)C(C)(C)O)c3)c3ccccc3-c3ccccc32)c1. The van der Waals surface area contributed by atoms with Gasteiger partial charge in [0.1, 0.15) is 0 Å². The average molecular weight is 574 g/mol. The minimum Gasteiger partial charge on any atom is -0.427 e. The zero-order valence-electron chi connectivity index (χ0n) is 26.9. The third-order valence-electron chi connectivity index (χ3n) is 9.82. The fourth-order valence-electron chi connectivity index (χ4n) is 5.69. The Kier molecular flexibility index (Phi) is 8.07. The lowest BCUT2D eigenvalue weighted by molar-refractivity contribution is -0.0893. The van der Waals surface area contributed by atoms with Crippen molar-refractivity contribution in [3.63, 3.8) is 0 Å². The largest absolute Gasteiger partial charge is 0.427 e. The van der Waals surface area contributed by atoms with Gasteiger partial charge in [-0.25, -0.2) is 0 Å². The second kappa shape index (κ2) is 11.1. The van der Waals surface area contributed by atoms with Crippen molar-refractivity contribution >= 4 is 25.9 Å². The molecule has 0 heterocycles. The predicted molar refractivity (Wildman–Crippen MR) is 180 cm³/mol. The van der Waals surface area contributed by atoms with Gasteiger partial charge in [0.2, 0.25) is 0 Å². The molecule has 0 atom stereocenters. The van der Waals surface area contributed by atoms with Crippen molar-refractivity contribution in [1.29, 1.82) is 0 Å². The minimum absolute atomic E-state index is 0.379. The lowest BCUT2D eigenvalue weighted by Crippen LogP contribution is -2.49. The normalized spacial score (nSPS) is 14.7. The molecule has 4 aromatic rings. The molecule has 0 aromatic heterocycles. The van der Waals surface area contributed by atoms with Crippen LogP contribution in [0.25, 0.3) is 11.1 Å². The maximum Gasteiger partial charge on any atom is 0.309 e. The van der Waals surface area contributed by atoms with E-state index in [1.807, 2.05) is 27.7 Å². The zero-order valence-corrected chi connectivity index (χ0v) is 26.9. The highest BCUT2D eigenvalue weighted by Crippen LogP contribution is 2.55.